The van der Waals surface area contributed by atoms with E-state index in [9.17, 15) is 0 Å². The quantitative estimate of drug-likeness (QED) is 0.355. The second-order valence-electron chi connectivity index (χ2n) is 6.32. The van der Waals surface area contributed by atoms with Gasteiger partial charge in [-0.1, -0.05) is 72.6 Å². The second-order valence-corrected chi connectivity index (χ2v) is 7.15. The average Bonchev–Trinajstić information content (AvgIpc) is 2.14. The molecule has 98 valence electrons. The molecule has 0 spiro atoms. The van der Waals surface area contributed by atoms with Crippen molar-refractivity contribution in [3.63, 3.8) is 0 Å². The van der Waals surface area contributed by atoms with Gasteiger partial charge >= 0.3 is 0 Å². The Morgan fingerprint density at radius 1 is 0.750 bits per heavy atom. The number of halogens is 1. The monoisotopic (exact) mass is 246 g/mol. The van der Waals surface area contributed by atoms with E-state index in [-0.39, 0.29) is 10.3 Å². The number of hydrogen-bond donors (Lipinski definition) is 0. The Kier molecular flexibility index (Phi) is 7.72. The summed E-state index contributed by atoms with van der Waals surface area (Å²) in [5.74, 6) is 0. The molecule has 0 N–H and O–H groups in total. The van der Waals surface area contributed by atoms with E-state index in [2.05, 4.69) is 34.6 Å². The van der Waals surface area contributed by atoms with Crippen molar-refractivity contribution >= 4 is 11.6 Å². The molecule has 0 radical (unpaired) electrons. The zero-order valence-corrected chi connectivity index (χ0v) is 12.8. The number of rotatable bonds is 8. The largest absolute Gasteiger partial charge is 0.119 e. The van der Waals surface area contributed by atoms with Crippen molar-refractivity contribution in [2.75, 3.05) is 0 Å². The third-order valence-electron chi connectivity index (χ3n) is 3.81. The molecule has 0 amide bonds. The topological polar surface area (TPSA) is 0 Å². The van der Waals surface area contributed by atoms with Gasteiger partial charge in [-0.15, -0.1) is 11.6 Å². The van der Waals surface area contributed by atoms with Crippen LogP contribution in [0.2, 0.25) is 0 Å². The molecule has 0 saturated heterocycles. The van der Waals surface area contributed by atoms with Crippen LogP contribution >= 0.6 is 11.6 Å². The van der Waals surface area contributed by atoms with Crippen LogP contribution in [0.5, 0.6) is 0 Å². The van der Waals surface area contributed by atoms with Crippen molar-refractivity contribution < 1.29 is 0 Å². The number of hydrogen-bond acceptors (Lipinski definition) is 0. The van der Waals surface area contributed by atoms with Gasteiger partial charge in [-0.2, -0.15) is 0 Å². The molecule has 0 heterocycles. The van der Waals surface area contributed by atoms with E-state index in [1.807, 2.05) is 0 Å². The van der Waals surface area contributed by atoms with Crippen molar-refractivity contribution in [3.05, 3.63) is 0 Å². The van der Waals surface area contributed by atoms with Gasteiger partial charge in [0.1, 0.15) is 0 Å². The van der Waals surface area contributed by atoms with Crippen LogP contribution in [0, 0.1) is 5.41 Å². The van der Waals surface area contributed by atoms with Crippen LogP contribution in [0.4, 0.5) is 0 Å². The van der Waals surface area contributed by atoms with Gasteiger partial charge < -0.3 is 0 Å². The van der Waals surface area contributed by atoms with Crippen LogP contribution in [0.1, 0.15) is 86.0 Å². The minimum absolute atomic E-state index is 0.0452. The molecule has 0 rings (SSSR count). The van der Waals surface area contributed by atoms with E-state index >= 15 is 0 Å². The fraction of sp³-hybridized carbons (Fsp3) is 1.00. The first-order valence-electron chi connectivity index (χ1n) is 7.00. The predicted molar refractivity (Wildman–Crippen MR) is 76.3 cm³/mol. The molecular formula is C15H31Cl. The lowest BCUT2D eigenvalue weighted by atomic mass is 9.78. The first-order chi connectivity index (χ1) is 7.31. The Bertz CT molecular complexity index is 165. The van der Waals surface area contributed by atoms with Crippen molar-refractivity contribution in [1.29, 1.82) is 0 Å². The zero-order chi connectivity index (χ0) is 12.7. The second kappa shape index (κ2) is 7.58. The maximum absolute atomic E-state index is 6.57. The predicted octanol–water partition coefficient (Wildman–Crippen LogP) is 6.17. The van der Waals surface area contributed by atoms with Crippen molar-refractivity contribution in [3.8, 4) is 0 Å². The highest BCUT2D eigenvalue weighted by Gasteiger charge is 2.34. The maximum atomic E-state index is 6.57. The van der Waals surface area contributed by atoms with E-state index in [4.69, 9.17) is 11.6 Å². The van der Waals surface area contributed by atoms with Gasteiger partial charge in [-0.3, -0.25) is 0 Å². The van der Waals surface area contributed by atoms with E-state index in [0.717, 1.165) is 6.42 Å². The number of unbranched alkanes of at least 4 members (excludes halogenated alkanes) is 6. The van der Waals surface area contributed by atoms with Crippen LogP contribution in [0.3, 0.4) is 0 Å². The molecule has 0 aliphatic carbocycles. The molecule has 16 heavy (non-hydrogen) atoms. The third kappa shape index (κ3) is 6.78. The summed E-state index contributed by atoms with van der Waals surface area (Å²) in [6, 6.07) is 0. The Morgan fingerprint density at radius 3 is 1.62 bits per heavy atom. The van der Waals surface area contributed by atoms with Gasteiger partial charge in [0.15, 0.2) is 0 Å². The molecule has 1 atom stereocenters. The highest BCUT2D eigenvalue weighted by Crippen LogP contribution is 2.40. The molecule has 0 aliphatic heterocycles. The van der Waals surface area contributed by atoms with Gasteiger partial charge in [-0.05, 0) is 18.8 Å². The van der Waals surface area contributed by atoms with Crippen LogP contribution in [-0.4, -0.2) is 4.87 Å². The summed E-state index contributed by atoms with van der Waals surface area (Å²) in [5.41, 5.74) is 0.205. The molecule has 0 fully saturated rings. The van der Waals surface area contributed by atoms with Crippen LogP contribution < -0.4 is 0 Å². The normalized spacial score (nSPS) is 16.1. The Morgan fingerprint density at radius 2 is 1.19 bits per heavy atom. The molecule has 0 saturated carbocycles. The van der Waals surface area contributed by atoms with Gasteiger partial charge in [-0.25, -0.2) is 0 Å². The summed E-state index contributed by atoms with van der Waals surface area (Å²) in [6.07, 6.45) is 10.7. The third-order valence-corrected chi connectivity index (χ3v) is 4.57. The smallest absolute Gasteiger partial charge is 0.0466 e. The summed E-state index contributed by atoms with van der Waals surface area (Å²) >= 11 is 6.57. The molecule has 1 unspecified atom stereocenters. The first kappa shape index (κ1) is 16.3. The summed E-state index contributed by atoms with van der Waals surface area (Å²) < 4.78 is 0. The van der Waals surface area contributed by atoms with Gasteiger partial charge in [0.05, 0.1) is 0 Å². The van der Waals surface area contributed by atoms with E-state index < -0.39 is 0 Å². The van der Waals surface area contributed by atoms with Gasteiger partial charge in [0, 0.05) is 4.87 Å². The van der Waals surface area contributed by atoms with Crippen molar-refractivity contribution in [1.82, 2.24) is 0 Å². The molecular weight excluding hydrogens is 216 g/mol. The molecule has 0 nitrogen and oxygen atoms in total. The van der Waals surface area contributed by atoms with E-state index in [1.54, 1.807) is 0 Å². The highest BCUT2D eigenvalue weighted by atomic mass is 35.5. The molecule has 0 aliphatic rings. The zero-order valence-electron chi connectivity index (χ0n) is 12.0. The van der Waals surface area contributed by atoms with Gasteiger partial charge in [0.25, 0.3) is 0 Å². The van der Waals surface area contributed by atoms with E-state index in [0.29, 0.717) is 0 Å². The fourth-order valence-corrected chi connectivity index (χ4v) is 1.92. The lowest BCUT2D eigenvalue weighted by molar-refractivity contribution is 0.270. The SMILES string of the molecule is CCCCCCCCCC(C)(Cl)C(C)(C)C. The minimum Gasteiger partial charge on any atom is -0.119 e. The lowest BCUT2D eigenvalue weighted by Gasteiger charge is -2.36. The molecule has 0 aromatic heterocycles. The average molecular weight is 247 g/mol. The van der Waals surface area contributed by atoms with Gasteiger partial charge in [0.2, 0.25) is 0 Å². The Hall–Kier alpha value is 0.290. The fourth-order valence-electron chi connectivity index (χ4n) is 1.79. The standard InChI is InChI=1S/C15H31Cl/c1-6-7-8-9-10-11-12-13-15(5,16)14(2,3)4/h6-13H2,1-5H3. The maximum Gasteiger partial charge on any atom is 0.0466 e. The minimum atomic E-state index is -0.0452. The van der Waals surface area contributed by atoms with Crippen LogP contribution in [-0.2, 0) is 0 Å². The first-order valence-corrected chi connectivity index (χ1v) is 7.38. The summed E-state index contributed by atoms with van der Waals surface area (Å²) in [7, 11) is 0. The van der Waals surface area contributed by atoms with E-state index in [1.165, 1.54) is 44.9 Å². The Labute approximate surface area is 108 Å². The lowest BCUT2D eigenvalue weighted by Crippen LogP contribution is -2.33. The Balaban J connectivity index is 3.51. The molecule has 0 bridgehead atoms. The van der Waals surface area contributed by atoms with Crippen molar-refractivity contribution in [2.45, 2.75) is 90.9 Å². The van der Waals surface area contributed by atoms with Crippen LogP contribution in [0.25, 0.3) is 0 Å². The summed E-state index contributed by atoms with van der Waals surface area (Å²) in [4.78, 5) is -0.0452. The molecule has 0 aromatic rings. The molecule has 0 aromatic carbocycles. The van der Waals surface area contributed by atoms with Crippen molar-refractivity contribution in [2.24, 2.45) is 5.41 Å². The number of alkyl halides is 1. The van der Waals surface area contributed by atoms with Crippen LogP contribution in [0.15, 0.2) is 0 Å². The summed E-state index contributed by atoms with van der Waals surface area (Å²) in [5, 5.41) is 0. The molecule has 1 heteroatoms. The highest BCUT2D eigenvalue weighted by molar-refractivity contribution is 6.24. The summed E-state index contributed by atoms with van der Waals surface area (Å²) in [6.45, 7) is 11.2.